The van der Waals surface area contributed by atoms with Gasteiger partial charge in [0.2, 0.25) is 5.95 Å². The normalized spacial score (nSPS) is 17.3. The van der Waals surface area contributed by atoms with Crippen molar-refractivity contribution >= 4 is 11.8 Å². The number of hydrogen-bond donors (Lipinski definition) is 0. The Kier molecular flexibility index (Phi) is 6.96. The molecule has 0 N–H and O–H groups in total. The van der Waals surface area contributed by atoms with Gasteiger partial charge in [0.05, 0.1) is 23.9 Å². The van der Waals surface area contributed by atoms with Crippen LogP contribution in [0.3, 0.4) is 0 Å². The fraction of sp³-hybridized carbons (Fsp3) is 0.357. The maximum atomic E-state index is 15.2. The van der Waals surface area contributed by atoms with Crippen LogP contribution < -0.4 is 15.5 Å². The summed E-state index contributed by atoms with van der Waals surface area (Å²) < 4.78 is 23.1. The molecular formula is C28H28FN9O2. The number of pyridine rings is 1. The van der Waals surface area contributed by atoms with E-state index in [1.165, 1.54) is 27.7 Å². The van der Waals surface area contributed by atoms with Crippen LogP contribution >= 0.6 is 0 Å². The van der Waals surface area contributed by atoms with Crippen molar-refractivity contribution in [2.75, 3.05) is 49.2 Å². The number of halogens is 1. The lowest BCUT2D eigenvalue weighted by Gasteiger charge is -2.35. The van der Waals surface area contributed by atoms with Gasteiger partial charge in [0.15, 0.2) is 0 Å². The number of piperazine rings is 1. The van der Waals surface area contributed by atoms with Crippen molar-refractivity contribution in [1.29, 1.82) is 5.26 Å². The minimum Gasteiger partial charge on any atom is -0.379 e. The summed E-state index contributed by atoms with van der Waals surface area (Å²) in [4.78, 5) is 30.6. The van der Waals surface area contributed by atoms with Crippen molar-refractivity contribution in [3.05, 3.63) is 76.6 Å². The summed E-state index contributed by atoms with van der Waals surface area (Å²) in [5, 5.41) is 14.1. The Labute approximate surface area is 230 Å². The molecule has 0 spiro atoms. The van der Waals surface area contributed by atoms with E-state index in [2.05, 4.69) is 42.8 Å². The molecule has 40 heavy (non-hydrogen) atoms. The highest BCUT2D eigenvalue weighted by Crippen LogP contribution is 2.28. The maximum Gasteiger partial charge on any atom is 0.350 e. The molecule has 2 aliphatic rings. The standard InChI is InChI=1S/C28H28FN9O2/c1-2-19-14-32-27(33-15-19)36-8-6-35(7-9-36)26-21(13-30)11-22(16-31-26)20-3-4-25(24(29)12-20)37-18-34-38(28(37)39)23-5-10-40-17-23/h3-4,11-12,14-16,18,23H,2,5-10,17H2,1H3/t23-/m1/s1. The fourth-order valence-corrected chi connectivity index (χ4v) is 5.09. The monoisotopic (exact) mass is 541 g/mol. The van der Waals surface area contributed by atoms with E-state index >= 15 is 4.39 Å². The van der Waals surface area contributed by atoms with E-state index in [4.69, 9.17) is 4.74 Å². The van der Waals surface area contributed by atoms with Crippen LogP contribution in [0, 0.1) is 17.1 Å². The Morgan fingerprint density at radius 2 is 1.82 bits per heavy atom. The first-order valence-corrected chi connectivity index (χ1v) is 13.3. The second-order valence-electron chi connectivity index (χ2n) is 9.84. The number of rotatable bonds is 6. The van der Waals surface area contributed by atoms with Crippen LogP contribution in [0.25, 0.3) is 16.8 Å². The van der Waals surface area contributed by atoms with Gasteiger partial charge in [-0.15, -0.1) is 0 Å². The third-order valence-corrected chi connectivity index (χ3v) is 7.43. The first kappa shape index (κ1) is 25.6. The average Bonchev–Trinajstić information content (AvgIpc) is 3.67. The van der Waals surface area contributed by atoms with Gasteiger partial charge < -0.3 is 14.5 Å². The van der Waals surface area contributed by atoms with Crippen molar-refractivity contribution in [2.24, 2.45) is 0 Å². The Morgan fingerprint density at radius 3 is 2.50 bits per heavy atom. The number of aryl methyl sites for hydroxylation is 1. The van der Waals surface area contributed by atoms with Gasteiger partial charge in [-0.05, 0) is 42.2 Å². The van der Waals surface area contributed by atoms with Gasteiger partial charge in [-0.1, -0.05) is 13.0 Å². The van der Waals surface area contributed by atoms with Crippen LogP contribution in [-0.2, 0) is 11.2 Å². The largest absolute Gasteiger partial charge is 0.379 e. The molecule has 0 saturated carbocycles. The van der Waals surface area contributed by atoms with E-state index in [9.17, 15) is 10.1 Å². The molecule has 6 rings (SSSR count). The third-order valence-electron chi connectivity index (χ3n) is 7.43. The van der Waals surface area contributed by atoms with Gasteiger partial charge in [0.25, 0.3) is 0 Å². The van der Waals surface area contributed by atoms with Crippen molar-refractivity contribution in [1.82, 2.24) is 29.3 Å². The van der Waals surface area contributed by atoms with E-state index in [1.54, 1.807) is 18.3 Å². The lowest BCUT2D eigenvalue weighted by Crippen LogP contribution is -2.47. The molecule has 1 aromatic carbocycles. The highest BCUT2D eigenvalue weighted by atomic mass is 19.1. The molecule has 0 radical (unpaired) electrons. The summed E-state index contributed by atoms with van der Waals surface area (Å²) in [6.45, 7) is 5.80. The van der Waals surface area contributed by atoms with Crippen LogP contribution in [0.15, 0.2) is 54.0 Å². The summed E-state index contributed by atoms with van der Waals surface area (Å²) in [6.07, 6.45) is 8.28. The fourth-order valence-electron chi connectivity index (χ4n) is 5.09. The minimum atomic E-state index is -0.574. The number of ether oxygens (including phenoxy) is 1. The predicted molar refractivity (Wildman–Crippen MR) is 146 cm³/mol. The highest BCUT2D eigenvalue weighted by molar-refractivity contribution is 5.69. The second kappa shape index (κ2) is 10.9. The summed E-state index contributed by atoms with van der Waals surface area (Å²) in [5.74, 6) is 0.725. The predicted octanol–water partition coefficient (Wildman–Crippen LogP) is 2.75. The molecule has 12 heteroatoms. The molecule has 0 unspecified atom stereocenters. The molecule has 5 heterocycles. The number of anilines is 2. The molecule has 11 nitrogen and oxygen atoms in total. The van der Waals surface area contributed by atoms with Crippen LogP contribution in [0.1, 0.15) is 30.5 Å². The molecule has 0 aliphatic carbocycles. The third kappa shape index (κ3) is 4.80. The first-order valence-electron chi connectivity index (χ1n) is 13.3. The lowest BCUT2D eigenvalue weighted by atomic mass is 10.0. The van der Waals surface area contributed by atoms with E-state index in [0.29, 0.717) is 74.3 Å². The van der Waals surface area contributed by atoms with Crippen LogP contribution in [0.4, 0.5) is 16.2 Å². The number of benzene rings is 1. The number of aromatic nitrogens is 6. The molecule has 2 fully saturated rings. The zero-order valence-corrected chi connectivity index (χ0v) is 22.1. The Morgan fingerprint density at radius 1 is 1.05 bits per heavy atom. The van der Waals surface area contributed by atoms with E-state index < -0.39 is 11.5 Å². The van der Waals surface area contributed by atoms with E-state index in [0.717, 1.165) is 12.0 Å². The second-order valence-corrected chi connectivity index (χ2v) is 9.84. The molecule has 3 aromatic heterocycles. The van der Waals surface area contributed by atoms with Crippen molar-refractivity contribution in [3.63, 3.8) is 0 Å². The number of hydrogen-bond acceptors (Lipinski definition) is 9. The van der Waals surface area contributed by atoms with Crippen molar-refractivity contribution in [2.45, 2.75) is 25.8 Å². The quantitative estimate of drug-likeness (QED) is 0.363. The van der Waals surface area contributed by atoms with Gasteiger partial charge in [0.1, 0.15) is 24.0 Å². The highest BCUT2D eigenvalue weighted by Gasteiger charge is 2.24. The minimum absolute atomic E-state index is 0.107. The SMILES string of the molecule is CCc1cnc(N2CCN(c3ncc(-c4ccc(-n5cnn([C@@H]6CCOC6)c5=O)c(F)c4)cc3C#N)CC2)nc1. The van der Waals surface area contributed by atoms with Crippen LogP contribution in [0.2, 0.25) is 0 Å². The lowest BCUT2D eigenvalue weighted by molar-refractivity contribution is 0.183. The Balaban J connectivity index is 1.19. The first-order chi connectivity index (χ1) is 19.6. The number of nitriles is 1. The molecule has 1 atom stereocenters. The Hall–Kier alpha value is -4.63. The van der Waals surface area contributed by atoms with Gasteiger partial charge in [-0.3, -0.25) is 0 Å². The van der Waals surface area contributed by atoms with Gasteiger partial charge in [-0.25, -0.2) is 33.4 Å². The topological polar surface area (TPSA) is 118 Å². The molecule has 2 saturated heterocycles. The molecule has 0 bridgehead atoms. The smallest absolute Gasteiger partial charge is 0.350 e. The van der Waals surface area contributed by atoms with Crippen LogP contribution in [-0.4, -0.2) is 68.7 Å². The zero-order valence-electron chi connectivity index (χ0n) is 22.1. The molecule has 4 aromatic rings. The molecule has 0 amide bonds. The molecular weight excluding hydrogens is 513 g/mol. The van der Waals surface area contributed by atoms with Gasteiger partial charge >= 0.3 is 5.69 Å². The number of nitrogens with zero attached hydrogens (tertiary/aromatic N) is 9. The van der Waals surface area contributed by atoms with Crippen molar-refractivity contribution < 1.29 is 9.13 Å². The Bertz CT molecular complexity index is 1610. The maximum absolute atomic E-state index is 15.2. The molecule has 204 valence electrons. The summed E-state index contributed by atoms with van der Waals surface area (Å²) in [5.41, 5.74) is 2.37. The van der Waals surface area contributed by atoms with Gasteiger partial charge in [-0.2, -0.15) is 10.4 Å². The zero-order chi connectivity index (χ0) is 27.6. The molecule has 2 aliphatic heterocycles. The van der Waals surface area contributed by atoms with Crippen LogP contribution in [0.5, 0.6) is 0 Å². The van der Waals surface area contributed by atoms with E-state index in [-0.39, 0.29) is 11.7 Å². The average molecular weight is 542 g/mol. The summed E-state index contributed by atoms with van der Waals surface area (Å²) >= 11 is 0. The summed E-state index contributed by atoms with van der Waals surface area (Å²) in [7, 11) is 0. The van der Waals surface area contributed by atoms with Gasteiger partial charge in [0, 0.05) is 56.9 Å². The summed E-state index contributed by atoms with van der Waals surface area (Å²) in [6, 6.07) is 8.42. The van der Waals surface area contributed by atoms with E-state index in [1.807, 2.05) is 12.4 Å². The van der Waals surface area contributed by atoms with Crippen molar-refractivity contribution in [3.8, 4) is 22.9 Å².